The van der Waals surface area contributed by atoms with Crippen molar-refractivity contribution in [3.8, 4) is 16.9 Å². The van der Waals surface area contributed by atoms with Gasteiger partial charge in [-0.3, -0.25) is 14.9 Å². The molecule has 1 unspecified atom stereocenters. The number of aryl methyl sites for hydroxylation is 1. The van der Waals surface area contributed by atoms with Crippen molar-refractivity contribution in [3.05, 3.63) is 83.7 Å². The summed E-state index contributed by atoms with van der Waals surface area (Å²) < 4.78 is 42.4. The fraction of sp³-hybridized carbons (Fsp3) is 0.387. The number of carbonyl (C=O) groups is 1. The van der Waals surface area contributed by atoms with Crippen molar-refractivity contribution in [1.29, 1.82) is 0 Å². The Hall–Kier alpha value is -4.13. The molecule has 43 heavy (non-hydrogen) atoms. The Morgan fingerprint density at radius 3 is 2.51 bits per heavy atom. The number of likely N-dealkylation sites (tertiary alicyclic amines) is 1. The number of hydrogen-bond acceptors (Lipinski definition) is 6. The van der Waals surface area contributed by atoms with Gasteiger partial charge in [0.1, 0.15) is 11.5 Å². The van der Waals surface area contributed by atoms with Crippen LogP contribution < -0.4 is 10.6 Å². The zero-order valence-electron chi connectivity index (χ0n) is 24.8. The molecule has 1 saturated heterocycles. The van der Waals surface area contributed by atoms with Crippen LogP contribution in [0.2, 0.25) is 0 Å². The lowest BCUT2D eigenvalue weighted by Crippen LogP contribution is -2.43. The molecule has 2 N–H and O–H groups in total. The van der Waals surface area contributed by atoms with Gasteiger partial charge in [-0.1, -0.05) is 24.3 Å². The minimum Gasteiger partial charge on any atom is -0.385 e. The SMILES string of the molecule is COCCC1C[C@@H](NC(=O)Nc2c(C)c(-c3cnn(C)c3)nn2-c2ccccc2)[C@H](c2ccc(F)c(F)c2)N1CCOC. The molecule has 1 fully saturated rings. The van der Waals surface area contributed by atoms with E-state index in [-0.39, 0.29) is 6.04 Å². The van der Waals surface area contributed by atoms with Crippen molar-refractivity contribution in [2.75, 3.05) is 39.3 Å². The number of rotatable bonds is 11. The van der Waals surface area contributed by atoms with Crippen molar-refractivity contribution in [3.63, 3.8) is 0 Å². The third-order valence-electron chi connectivity index (χ3n) is 7.88. The van der Waals surface area contributed by atoms with Crippen LogP contribution in [0.5, 0.6) is 0 Å². The predicted octanol–water partition coefficient (Wildman–Crippen LogP) is 4.85. The maximum Gasteiger partial charge on any atom is 0.320 e. The third-order valence-corrected chi connectivity index (χ3v) is 7.88. The number of anilines is 1. The van der Waals surface area contributed by atoms with Gasteiger partial charge >= 0.3 is 6.03 Å². The molecule has 1 aliphatic heterocycles. The van der Waals surface area contributed by atoms with E-state index in [0.717, 1.165) is 22.9 Å². The largest absolute Gasteiger partial charge is 0.385 e. The number of benzene rings is 2. The Bertz CT molecular complexity index is 1540. The highest BCUT2D eigenvalue weighted by Gasteiger charge is 2.42. The van der Waals surface area contributed by atoms with Gasteiger partial charge in [0.2, 0.25) is 0 Å². The number of nitrogens with zero attached hydrogens (tertiary/aromatic N) is 5. The number of ether oxygens (including phenoxy) is 2. The van der Waals surface area contributed by atoms with Gasteiger partial charge in [-0.25, -0.2) is 18.3 Å². The van der Waals surface area contributed by atoms with Crippen molar-refractivity contribution >= 4 is 11.8 Å². The van der Waals surface area contributed by atoms with E-state index in [1.807, 2.05) is 50.5 Å². The highest BCUT2D eigenvalue weighted by atomic mass is 19.2. The first-order chi connectivity index (χ1) is 20.8. The minimum atomic E-state index is -0.932. The van der Waals surface area contributed by atoms with E-state index in [1.54, 1.807) is 35.8 Å². The standard InChI is InChI=1S/C31H37F2N7O3/c1-20-28(22-18-34-38(2)19-22)37-40(23-8-6-5-7-9-23)30(20)36-31(41)35-27-17-24(12-14-42-3)39(13-15-43-4)29(27)21-10-11-25(32)26(33)16-21/h5-11,16,18-19,24,27,29H,12-15,17H2,1-4H3,(H2,35,36,41)/t24?,27-,29+/m1/s1. The Kier molecular flexibility index (Phi) is 9.49. The molecule has 2 aromatic carbocycles. The van der Waals surface area contributed by atoms with Gasteiger partial charge in [-0.05, 0) is 49.6 Å². The number of carbonyl (C=O) groups excluding carboxylic acids is 1. The predicted molar refractivity (Wildman–Crippen MR) is 159 cm³/mol. The minimum absolute atomic E-state index is 0.0206. The summed E-state index contributed by atoms with van der Waals surface area (Å²) in [5.41, 5.74) is 3.64. The number of halogens is 2. The van der Waals surface area contributed by atoms with Crippen LogP contribution in [0.25, 0.3) is 16.9 Å². The van der Waals surface area contributed by atoms with Crippen LogP contribution >= 0.6 is 0 Å². The number of urea groups is 1. The fourth-order valence-corrected chi connectivity index (χ4v) is 5.86. The normalized spacial score (nSPS) is 18.7. The van der Waals surface area contributed by atoms with Crippen LogP contribution in [-0.2, 0) is 16.5 Å². The second-order valence-electron chi connectivity index (χ2n) is 10.7. The molecule has 5 rings (SSSR count). The molecule has 2 aromatic heterocycles. The Morgan fingerprint density at radius 1 is 1.07 bits per heavy atom. The molecule has 228 valence electrons. The lowest BCUT2D eigenvalue weighted by atomic mass is 9.99. The summed E-state index contributed by atoms with van der Waals surface area (Å²) in [5, 5.41) is 15.3. The molecule has 0 bridgehead atoms. The van der Waals surface area contributed by atoms with Gasteiger partial charge < -0.3 is 14.8 Å². The molecule has 0 aliphatic carbocycles. The summed E-state index contributed by atoms with van der Waals surface area (Å²) in [4.78, 5) is 15.9. The van der Waals surface area contributed by atoms with E-state index in [1.165, 1.54) is 6.07 Å². The average molecular weight is 594 g/mol. The van der Waals surface area contributed by atoms with Crippen LogP contribution in [-0.4, -0.2) is 76.6 Å². The van der Waals surface area contributed by atoms with Crippen molar-refractivity contribution in [2.45, 2.75) is 37.9 Å². The van der Waals surface area contributed by atoms with Crippen molar-refractivity contribution in [2.24, 2.45) is 7.05 Å². The van der Waals surface area contributed by atoms with Crippen LogP contribution in [0.1, 0.15) is 30.0 Å². The number of nitrogens with one attached hydrogen (secondary N) is 2. The third kappa shape index (κ3) is 6.61. The number of methoxy groups -OCH3 is 2. The Labute approximate surface area is 249 Å². The molecule has 4 aromatic rings. The van der Waals surface area contributed by atoms with Gasteiger partial charge in [0.05, 0.1) is 30.6 Å². The zero-order chi connectivity index (χ0) is 30.5. The number of amides is 2. The van der Waals surface area contributed by atoms with E-state index in [4.69, 9.17) is 14.6 Å². The molecule has 0 saturated carbocycles. The van der Waals surface area contributed by atoms with Crippen LogP contribution in [0.3, 0.4) is 0 Å². The highest BCUT2D eigenvalue weighted by Crippen LogP contribution is 2.38. The van der Waals surface area contributed by atoms with Crippen LogP contribution in [0.4, 0.5) is 19.4 Å². The topological polar surface area (TPSA) is 98.5 Å². The van der Waals surface area contributed by atoms with Gasteiger partial charge in [0.15, 0.2) is 11.6 Å². The number of aromatic nitrogens is 4. The second-order valence-corrected chi connectivity index (χ2v) is 10.7. The fourth-order valence-electron chi connectivity index (χ4n) is 5.86. The lowest BCUT2D eigenvalue weighted by Gasteiger charge is -2.32. The zero-order valence-corrected chi connectivity index (χ0v) is 24.8. The van der Waals surface area contributed by atoms with E-state index in [2.05, 4.69) is 20.6 Å². The summed E-state index contributed by atoms with van der Waals surface area (Å²) in [6.07, 6.45) is 4.89. The first-order valence-corrected chi connectivity index (χ1v) is 14.2. The summed E-state index contributed by atoms with van der Waals surface area (Å²) >= 11 is 0. The quantitative estimate of drug-likeness (QED) is 0.258. The molecule has 0 radical (unpaired) electrons. The molecule has 3 atom stereocenters. The van der Waals surface area contributed by atoms with Crippen molar-refractivity contribution in [1.82, 2.24) is 29.8 Å². The summed E-state index contributed by atoms with van der Waals surface area (Å²) in [5.74, 6) is -1.34. The molecule has 10 nitrogen and oxygen atoms in total. The lowest BCUT2D eigenvalue weighted by molar-refractivity contribution is 0.0946. The van der Waals surface area contributed by atoms with E-state index in [9.17, 15) is 13.6 Å². The van der Waals surface area contributed by atoms with Crippen molar-refractivity contribution < 1.29 is 23.0 Å². The molecule has 1 aliphatic rings. The summed E-state index contributed by atoms with van der Waals surface area (Å²) in [6, 6.07) is 12.2. The van der Waals surface area contributed by atoms with Gasteiger partial charge in [0, 0.05) is 57.8 Å². The highest BCUT2D eigenvalue weighted by molar-refractivity contribution is 5.91. The van der Waals surface area contributed by atoms with Gasteiger partial charge in [0.25, 0.3) is 0 Å². The van der Waals surface area contributed by atoms with E-state index in [0.29, 0.717) is 49.7 Å². The molecule has 3 heterocycles. The van der Waals surface area contributed by atoms with E-state index < -0.39 is 29.7 Å². The average Bonchev–Trinajstić information content (AvgIpc) is 3.67. The smallest absolute Gasteiger partial charge is 0.320 e. The van der Waals surface area contributed by atoms with E-state index >= 15 is 0 Å². The van der Waals surface area contributed by atoms with Crippen LogP contribution in [0, 0.1) is 18.6 Å². The summed E-state index contributed by atoms with van der Waals surface area (Å²) in [6.45, 7) is 3.40. The van der Waals surface area contributed by atoms with Crippen LogP contribution in [0.15, 0.2) is 60.9 Å². The molecular weight excluding hydrogens is 556 g/mol. The molecular formula is C31H37F2N7O3. The Balaban J connectivity index is 1.46. The van der Waals surface area contributed by atoms with Gasteiger partial charge in [-0.2, -0.15) is 10.2 Å². The molecule has 0 spiro atoms. The van der Waals surface area contributed by atoms with Gasteiger partial charge in [-0.15, -0.1) is 0 Å². The molecule has 2 amide bonds. The first kappa shape index (κ1) is 30.3. The first-order valence-electron chi connectivity index (χ1n) is 14.2. The maximum atomic E-state index is 14.4. The molecule has 12 heteroatoms. The second kappa shape index (κ2) is 13.4. The summed E-state index contributed by atoms with van der Waals surface area (Å²) in [7, 11) is 5.09. The monoisotopic (exact) mass is 593 g/mol. The number of hydrogen-bond donors (Lipinski definition) is 2. The number of para-hydroxylation sites is 1. The maximum absolute atomic E-state index is 14.4. The Morgan fingerprint density at radius 2 is 1.84 bits per heavy atom.